The smallest absolute Gasteiger partial charge is 0.288 e. The molecule has 0 aromatic heterocycles. The van der Waals surface area contributed by atoms with E-state index in [9.17, 15) is 13.6 Å². The van der Waals surface area contributed by atoms with Crippen LogP contribution in [0.25, 0.3) is 0 Å². The van der Waals surface area contributed by atoms with Gasteiger partial charge in [0.2, 0.25) is 0 Å². The Morgan fingerprint density at radius 3 is 2.33 bits per heavy atom. The molecule has 0 saturated carbocycles. The van der Waals surface area contributed by atoms with E-state index < -0.39 is 11.7 Å². The van der Waals surface area contributed by atoms with Crippen molar-refractivity contribution in [3.8, 4) is 11.5 Å². The molecule has 24 heavy (non-hydrogen) atoms. The average Bonchev–Trinajstić information content (AvgIpc) is 2.56. The van der Waals surface area contributed by atoms with E-state index in [1.54, 1.807) is 42.5 Å². The van der Waals surface area contributed by atoms with Gasteiger partial charge in [-0.2, -0.15) is 8.78 Å². The molecule has 1 N–H and O–H groups in total. The molecule has 0 unspecified atom stereocenters. The predicted molar refractivity (Wildman–Crippen MR) is 90.0 cm³/mol. The van der Waals surface area contributed by atoms with Crippen LogP contribution >= 0.6 is 11.8 Å². The van der Waals surface area contributed by atoms with Gasteiger partial charge in [0.1, 0.15) is 11.5 Å². The Kier molecular flexibility index (Phi) is 6.87. The molecule has 7 heteroatoms. The van der Waals surface area contributed by atoms with Crippen molar-refractivity contribution in [3.63, 3.8) is 0 Å². The second kappa shape index (κ2) is 9.12. The van der Waals surface area contributed by atoms with Crippen LogP contribution in [0.5, 0.6) is 11.5 Å². The van der Waals surface area contributed by atoms with E-state index in [0.717, 1.165) is 0 Å². The summed E-state index contributed by atoms with van der Waals surface area (Å²) in [5, 5.41) is 2.58. The van der Waals surface area contributed by atoms with Crippen molar-refractivity contribution >= 4 is 23.4 Å². The predicted octanol–water partition coefficient (Wildman–Crippen LogP) is 4.42. The van der Waals surface area contributed by atoms with Crippen LogP contribution < -0.4 is 14.8 Å². The highest BCUT2D eigenvalue weighted by Crippen LogP contribution is 2.31. The standard InChI is InChI=1S/C17H17F2NO3S/c1-2-22-12-7-9-13(10-8-12)23-11-16(21)20-14-5-3-4-6-15(14)24-17(18)19/h3-10,17H,2,11H2,1H3,(H,20,21). The number of halogens is 2. The summed E-state index contributed by atoms with van der Waals surface area (Å²) >= 11 is 0.385. The second-order valence-electron chi connectivity index (χ2n) is 4.62. The minimum atomic E-state index is -2.55. The molecule has 0 aliphatic carbocycles. The summed E-state index contributed by atoms with van der Waals surface area (Å²) in [5.41, 5.74) is 0.336. The number of benzene rings is 2. The van der Waals surface area contributed by atoms with Gasteiger partial charge in [-0.25, -0.2) is 0 Å². The van der Waals surface area contributed by atoms with Crippen LogP contribution in [0.1, 0.15) is 6.92 Å². The Labute approximate surface area is 143 Å². The summed E-state index contributed by atoms with van der Waals surface area (Å²) in [6, 6.07) is 13.3. The largest absolute Gasteiger partial charge is 0.494 e. The van der Waals surface area contributed by atoms with Gasteiger partial charge in [-0.3, -0.25) is 4.79 Å². The maximum atomic E-state index is 12.5. The summed E-state index contributed by atoms with van der Waals surface area (Å²) in [6.45, 7) is 2.24. The third-order valence-electron chi connectivity index (χ3n) is 2.88. The molecule has 0 bridgehead atoms. The van der Waals surface area contributed by atoms with Gasteiger partial charge >= 0.3 is 0 Å². The number of hydrogen-bond donors (Lipinski definition) is 1. The summed E-state index contributed by atoms with van der Waals surface area (Å²) in [7, 11) is 0. The van der Waals surface area contributed by atoms with Crippen LogP contribution in [0.2, 0.25) is 0 Å². The van der Waals surface area contributed by atoms with Crippen molar-refractivity contribution in [2.75, 3.05) is 18.5 Å². The molecule has 2 aromatic rings. The zero-order valence-electron chi connectivity index (χ0n) is 13.0. The lowest BCUT2D eigenvalue weighted by Gasteiger charge is -2.11. The number of carbonyl (C=O) groups excluding carboxylic acids is 1. The number of rotatable bonds is 8. The van der Waals surface area contributed by atoms with Gasteiger partial charge < -0.3 is 14.8 Å². The molecule has 128 valence electrons. The van der Waals surface area contributed by atoms with Gasteiger partial charge in [-0.05, 0) is 43.3 Å². The minimum Gasteiger partial charge on any atom is -0.494 e. The van der Waals surface area contributed by atoms with E-state index in [4.69, 9.17) is 9.47 Å². The lowest BCUT2D eigenvalue weighted by molar-refractivity contribution is -0.118. The molecular formula is C17H17F2NO3S. The molecule has 0 heterocycles. The summed E-state index contributed by atoms with van der Waals surface area (Å²) in [4.78, 5) is 12.2. The highest BCUT2D eigenvalue weighted by Gasteiger charge is 2.12. The maximum Gasteiger partial charge on any atom is 0.288 e. The summed E-state index contributed by atoms with van der Waals surface area (Å²) in [5.74, 6) is -1.74. The Bertz CT molecular complexity index is 665. The zero-order chi connectivity index (χ0) is 17.4. The number of nitrogens with one attached hydrogen (secondary N) is 1. The van der Waals surface area contributed by atoms with Crippen LogP contribution in [0.4, 0.5) is 14.5 Å². The van der Waals surface area contributed by atoms with Gasteiger partial charge in [0, 0.05) is 4.90 Å². The number of thioether (sulfide) groups is 1. The second-order valence-corrected chi connectivity index (χ2v) is 5.65. The molecule has 4 nitrogen and oxygen atoms in total. The summed E-state index contributed by atoms with van der Waals surface area (Å²) < 4.78 is 35.7. The fourth-order valence-electron chi connectivity index (χ4n) is 1.90. The van der Waals surface area contributed by atoms with E-state index in [-0.39, 0.29) is 6.61 Å². The number of amides is 1. The van der Waals surface area contributed by atoms with Crippen LogP contribution in [0.3, 0.4) is 0 Å². The van der Waals surface area contributed by atoms with Gasteiger partial charge in [0.05, 0.1) is 12.3 Å². The molecule has 0 fully saturated rings. The number of alkyl halides is 2. The molecule has 0 spiro atoms. The number of carbonyl (C=O) groups is 1. The quantitative estimate of drug-likeness (QED) is 0.714. The first kappa shape index (κ1) is 18.1. The Hall–Kier alpha value is -2.28. The zero-order valence-corrected chi connectivity index (χ0v) is 13.8. The molecule has 2 aromatic carbocycles. The number of anilines is 1. The third-order valence-corrected chi connectivity index (χ3v) is 3.67. The number of hydrogen-bond acceptors (Lipinski definition) is 4. The number of ether oxygens (including phenoxy) is 2. The van der Waals surface area contributed by atoms with E-state index in [1.807, 2.05) is 6.92 Å². The highest BCUT2D eigenvalue weighted by molar-refractivity contribution is 7.99. The van der Waals surface area contributed by atoms with Crippen molar-refractivity contribution in [2.24, 2.45) is 0 Å². The fourth-order valence-corrected chi connectivity index (χ4v) is 2.50. The van der Waals surface area contributed by atoms with Crippen molar-refractivity contribution in [3.05, 3.63) is 48.5 Å². The van der Waals surface area contributed by atoms with Crippen LogP contribution in [-0.4, -0.2) is 24.9 Å². The first-order chi connectivity index (χ1) is 11.6. The molecule has 0 aliphatic heterocycles. The van der Waals surface area contributed by atoms with E-state index in [1.165, 1.54) is 6.07 Å². The maximum absolute atomic E-state index is 12.5. The molecule has 0 saturated heterocycles. The minimum absolute atomic E-state index is 0.221. The third kappa shape index (κ3) is 5.73. The first-order valence-corrected chi connectivity index (χ1v) is 8.16. The van der Waals surface area contributed by atoms with Gasteiger partial charge in [0.15, 0.2) is 6.61 Å². The molecule has 1 amide bonds. The van der Waals surface area contributed by atoms with Crippen LogP contribution in [-0.2, 0) is 4.79 Å². The Balaban J connectivity index is 1.89. The van der Waals surface area contributed by atoms with Crippen molar-refractivity contribution in [1.29, 1.82) is 0 Å². The fraction of sp³-hybridized carbons (Fsp3) is 0.235. The van der Waals surface area contributed by atoms with E-state index in [2.05, 4.69) is 5.32 Å². The SMILES string of the molecule is CCOc1ccc(OCC(=O)Nc2ccccc2SC(F)F)cc1. The average molecular weight is 353 g/mol. The van der Waals surface area contributed by atoms with E-state index in [0.29, 0.717) is 40.5 Å². The monoisotopic (exact) mass is 353 g/mol. The molecule has 2 rings (SSSR count). The molecule has 0 radical (unpaired) electrons. The first-order valence-electron chi connectivity index (χ1n) is 7.28. The lowest BCUT2D eigenvalue weighted by Crippen LogP contribution is -2.20. The van der Waals surface area contributed by atoms with Gasteiger partial charge in [-0.15, -0.1) is 0 Å². The van der Waals surface area contributed by atoms with Crippen molar-refractivity contribution < 1.29 is 23.0 Å². The van der Waals surface area contributed by atoms with Crippen LogP contribution in [0, 0.1) is 0 Å². The number of para-hydroxylation sites is 1. The van der Waals surface area contributed by atoms with Crippen molar-refractivity contribution in [2.45, 2.75) is 17.6 Å². The van der Waals surface area contributed by atoms with Gasteiger partial charge in [0.25, 0.3) is 11.7 Å². The van der Waals surface area contributed by atoms with Gasteiger partial charge in [-0.1, -0.05) is 23.9 Å². The summed E-state index contributed by atoms with van der Waals surface area (Å²) in [6.07, 6.45) is 0. The molecular weight excluding hydrogens is 336 g/mol. The van der Waals surface area contributed by atoms with Crippen molar-refractivity contribution in [1.82, 2.24) is 0 Å². The van der Waals surface area contributed by atoms with Crippen LogP contribution in [0.15, 0.2) is 53.4 Å². The highest BCUT2D eigenvalue weighted by atomic mass is 32.2. The Morgan fingerprint density at radius 2 is 1.71 bits per heavy atom. The topological polar surface area (TPSA) is 47.6 Å². The Morgan fingerprint density at radius 1 is 1.08 bits per heavy atom. The lowest BCUT2D eigenvalue weighted by atomic mass is 10.3. The normalized spacial score (nSPS) is 10.5. The molecule has 0 aliphatic rings. The molecule has 0 atom stereocenters. The van der Waals surface area contributed by atoms with E-state index >= 15 is 0 Å².